The Kier molecular flexibility index (Phi) is 8.63. The van der Waals surface area contributed by atoms with E-state index in [1.165, 1.54) is 12.1 Å². The first kappa shape index (κ1) is 25.3. The second-order valence-electron chi connectivity index (χ2n) is 7.28. The Balaban J connectivity index is 2.41. The Hall–Kier alpha value is -1.96. The van der Waals surface area contributed by atoms with Gasteiger partial charge < -0.3 is 10.1 Å². The van der Waals surface area contributed by atoms with E-state index in [4.69, 9.17) is 27.9 Å². The third kappa shape index (κ3) is 6.05. The maximum Gasteiger partial charge on any atom is 0.244 e. The van der Waals surface area contributed by atoms with Crippen LogP contribution < -0.4 is 14.4 Å². The number of rotatable bonds is 9. The third-order valence-electron chi connectivity index (χ3n) is 5.02. The lowest BCUT2D eigenvalue weighted by Gasteiger charge is -2.32. The zero-order valence-electron chi connectivity index (χ0n) is 18.3. The van der Waals surface area contributed by atoms with Gasteiger partial charge in [-0.1, -0.05) is 49.2 Å². The number of methoxy groups -OCH3 is 1. The molecule has 170 valence electrons. The van der Waals surface area contributed by atoms with Crippen LogP contribution in [0.25, 0.3) is 0 Å². The standard InChI is InChI=1S/C22H28Cl2N2O4S/c1-6-18(15-8-11-21(30-4)14(3)12-15)25-22(27)19(7-2)26(31(5,28)29)20-13-16(23)9-10-17(20)24/h8-13,18-19H,6-7H2,1-5H3,(H,25,27)/t18-,19+/m0/s1. The summed E-state index contributed by atoms with van der Waals surface area (Å²) < 4.78 is 31.7. The van der Waals surface area contributed by atoms with Crippen molar-refractivity contribution in [1.29, 1.82) is 0 Å². The number of halogens is 2. The number of nitrogens with zero attached hydrogens (tertiary/aromatic N) is 1. The summed E-state index contributed by atoms with van der Waals surface area (Å²) in [4.78, 5) is 13.3. The van der Waals surface area contributed by atoms with Gasteiger partial charge in [-0.3, -0.25) is 9.10 Å². The van der Waals surface area contributed by atoms with Crippen LogP contribution in [0.15, 0.2) is 36.4 Å². The summed E-state index contributed by atoms with van der Waals surface area (Å²) in [5.74, 6) is 0.347. The minimum absolute atomic E-state index is 0.173. The first-order valence-corrected chi connectivity index (χ1v) is 12.5. The van der Waals surface area contributed by atoms with E-state index in [-0.39, 0.29) is 23.2 Å². The SMILES string of the molecule is CC[C@H](NC(=O)[C@@H](CC)N(c1cc(Cl)ccc1Cl)S(C)(=O)=O)c1ccc(OC)c(C)c1. The zero-order chi connectivity index (χ0) is 23.3. The molecule has 2 atom stereocenters. The van der Waals surface area contributed by atoms with E-state index in [9.17, 15) is 13.2 Å². The van der Waals surface area contributed by atoms with Crippen molar-refractivity contribution in [1.82, 2.24) is 5.32 Å². The van der Waals surface area contributed by atoms with Gasteiger partial charge in [0.25, 0.3) is 0 Å². The van der Waals surface area contributed by atoms with E-state index < -0.39 is 22.0 Å². The number of benzene rings is 2. The van der Waals surface area contributed by atoms with Gasteiger partial charge in [0, 0.05) is 5.02 Å². The molecule has 1 N–H and O–H groups in total. The van der Waals surface area contributed by atoms with Crippen LogP contribution in [0.1, 0.15) is 43.9 Å². The number of sulfonamides is 1. The maximum atomic E-state index is 13.3. The van der Waals surface area contributed by atoms with Crippen LogP contribution in [0.3, 0.4) is 0 Å². The van der Waals surface area contributed by atoms with Crippen molar-refractivity contribution in [3.63, 3.8) is 0 Å². The van der Waals surface area contributed by atoms with E-state index in [2.05, 4.69) is 5.32 Å². The highest BCUT2D eigenvalue weighted by Crippen LogP contribution is 2.33. The predicted octanol–water partition coefficient (Wildman–Crippen LogP) is 5.12. The van der Waals surface area contributed by atoms with Gasteiger partial charge in [0.1, 0.15) is 11.8 Å². The monoisotopic (exact) mass is 486 g/mol. The molecule has 0 aliphatic rings. The highest BCUT2D eigenvalue weighted by Gasteiger charge is 2.34. The van der Waals surface area contributed by atoms with Crippen molar-refractivity contribution >= 4 is 44.8 Å². The second kappa shape index (κ2) is 10.6. The molecule has 1 amide bonds. The van der Waals surface area contributed by atoms with Crippen molar-refractivity contribution in [3.8, 4) is 5.75 Å². The van der Waals surface area contributed by atoms with E-state index >= 15 is 0 Å². The Morgan fingerprint density at radius 3 is 2.32 bits per heavy atom. The Morgan fingerprint density at radius 1 is 1.13 bits per heavy atom. The summed E-state index contributed by atoms with van der Waals surface area (Å²) >= 11 is 12.3. The van der Waals surface area contributed by atoms with Gasteiger partial charge in [0.2, 0.25) is 15.9 Å². The molecule has 9 heteroatoms. The van der Waals surface area contributed by atoms with Crippen LogP contribution in [0.5, 0.6) is 5.75 Å². The van der Waals surface area contributed by atoms with Crippen molar-refractivity contribution in [2.24, 2.45) is 0 Å². The molecule has 0 aromatic heterocycles. The number of carbonyl (C=O) groups is 1. The van der Waals surface area contributed by atoms with E-state index in [1.54, 1.807) is 20.1 Å². The van der Waals surface area contributed by atoms with Crippen LogP contribution in [-0.4, -0.2) is 33.7 Å². The summed E-state index contributed by atoms with van der Waals surface area (Å²) in [5, 5.41) is 3.51. The second-order valence-corrected chi connectivity index (χ2v) is 9.98. The van der Waals surface area contributed by atoms with Gasteiger partial charge in [0.15, 0.2) is 0 Å². The van der Waals surface area contributed by atoms with Crippen LogP contribution in [0.2, 0.25) is 10.0 Å². The summed E-state index contributed by atoms with van der Waals surface area (Å²) in [6, 6.07) is 8.95. The highest BCUT2D eigenvalue weighted by atomic mass is 35.5. The van der Waals surface area contributed by atoms with Crippen LogP contribution in [0.4, 0.5) is 5.69 Å². The van der Waals surface area contributed by atoms with Crippen LogP contribution in [-0.2, 0) is 14.8 Å². The lowest BCUT2D eigenvalue weighted by Crippen LogP contribution is -2.50. The third-order valence-corrected chi connectivity index (χ3v) is 6.74. The van der Waals surface area contributed by atoms with Gasteiger partial charge in [0.05, 0.1) is 30.1 Å². The van der Waals surface area contributed by atoms with E-state index in [1.807, 2.05) is 32.0 Å². The first-order valence-electron chi connectivity index (χ1n) is 9.92. The predicted molar refractivity (Wildman–Crippen MR) is 127 cm³/mol. The van der Waals surface area contributed by atoms with E-state index in [0.717, 1.165) is 27.4 Å². The topological polar surface area (TPSA) is 75.7 Å². The average Bonchev–Trinajstić information content (AvgIpc) is 2.71. The fraction of sp³-hybridized carbons (Fsp3) is 0.409. The number of nitrogens with one attached hydrogen (secondary N) is 1. The summed E-state index contributed by atoms with van der Waals surface area (Å²) in [5.41, 5.74) is 2.03. The molecule has 0 saturated carbocycles. The normalized spacial score (nSPS) is 13.4. The van der Waals surface area contributed by atoms with Crippen molar-refractivity contribution in [2.75, 3.05) is 17.7 Å². The average molecular weight is 487 g/mol. The Morgan fingerprint density at radius 2 is 1.81 bits per heavy atom. The molecule has 0 fully saturated rings. The molecule has 6 nitrogen and oxygen atoms in total. The van der Waals surface area contributed by atoms with Crippen molar-refractivity contribution in [3.05, 3.63) is 57.6 Å². The highest BCUT2D eigenvalue weighted by molar-refractivity contribution is 7.92. The lowest BCUT2D eigenvalue weighted by molar-refractivity contribution is -0.123. The molecule has 31 heavy (non-hydrogen) atoms. The smallest absolute Gasteiger partial charge is 0.244 e. The number of amides is 1. The molecule has 0 spiro atoms. The minimum Gasteiger partial charge on any atom is -0.496 e. The molecule has 0 heterocycles. The maximum absolute atomic E-state index is 13.3. The van der Waals surface area contributed by atoms with Gasteiger partial charge in [-0.2, -0.15) is 0 Å². The molecule has 2 aromatic rings. The van der Waals surface area contributed by atoms with Gasteiger partial charge in [-0.05, 0) is 55.2 Å². The molecule has 2 rings (SSSR count). The molecular formula is C22H28Cl2N2O4S. The van der Waals surface area contributed by atoms with Gasteiger partial charge in [-0.15, -0.1) is 0 Å². The van der Waals surface area contributed by atoms with Gasteiger partial charge in [-0.25, -0.2) is 8.42 Å². The number of hydrogen-bond donors (Lipinski definition) is 1. The molecule has 0 aliphatic heterocycles. The fourth-order valence-electron chi connectivity index (χ4n) is 3.50. The van der Waals surface area contributed by atoms with Crippen LogP contribution in [0, 0.1) is 6.92 Å². The first-order chi connectivity index (χ1) is 14.5. The quantitative estimate of drug-likeness (QED) is 0.533. The molecule has 2 aromatic carbocycles. The Labute approximate surface area is 194 Å². The number of hydrogen-bond acceptors (Lipinski definition) is 4. The Bertz CT molecular complexity index is 1040. The number of carbonyl (C=O) groups excluding carboxylic acids is 1. The van der Waals surface area contributed by atoms with Crippen molar-refractivity contribution in [2.45, 2.75) is 45.7 Å². The number of ether oxygens (including phenoxy) is 1. The molecular weight excluding hydrogens is 459 g/mol. The summed E-state index contributed by atoms with van der Waals surface area (Å²) in [6.07, 6.45) is 1.93. The van der Waals surface area contributed by atoms with Crippen LogP contribution >= 0.6 is 23.2 Å². The molecule has 0 radical (unpaired) electrons. The molecule has 0 aliphatic carbocycles. The zero-order valence-corrected chi connectivity index (χ0v) is 20.6. The number of aryl methyl sites for hydroxylation is 1. The molecule has 0 unspecified atom stereocenters. The summed E-state index contributed by atoms with van der Waals surface area (Å²) in [7, 11) is -2.22. The fourth-order valence-corrected chi connectivity index (χ4v) is 5.14. The molecule has 0 bridgehead atoms. The number of anilines is 1. The summed E-state index contributed by atoms with van der Waals surface area (Å²) in [6.45, 7) is 5.63. The molecule has 0 saturated heterocycles. The van der Waals surface area contributed by atoms with Gasteiger partial charge >= 0.3 is 0 Å². The van der Waals surface area contributed by atoms with Crippen molar-refractivity contribution < 1.29 is 17.9 Å². The minimum atomic E-state index is -3.82. The lowest BCUT2D eigenvalue weighted by atomic mass is 10.0. The van der Waals surface area contributed by atoms with E-state index in [0.29, 0.717) is 11.4 Å². The largest absolute Gasteiger partial charge is 0.496 e.